The van der Waals surface area contributed by atoms with Gasteiger partial charge in [0.1, 0.15) is 11.0 Å². The van der Waals surface area contributed by atoms with E-state index < -0.39 is 0 Å². The van der Waals surface area contributed by atoms with Crippen molar-refractivity contribution in [2.24, 2.45) is 23.7 Å². The zero-order valence-corrected chi connectivity index (χ0v) is 11.7. The number of imidazole rings is 1. The summed E-state index contributed by atoms with van der Waals surface area (Å²) in [6.45, 7) is 0. The smallest absolute Gasteiger partial charge is 0.179 e. The average molecular weight is 294 g/mol. The number of hydrogen-bond donors (Lipinski definition) is 1. The van der Waals surface area contributed by atoms with E-state index in [0.717, 1.165) is 35.0 Å². The summed E-state index contributed by atoms with van der Waals surface area (Å²) < 4.78 is 0. The van der Waals surface area contributed by atoms with E-state index in [1.807, 2.05) is 6.07 Å². The molecule has 19 heavy (non-hydrogen) atoms. The molecular weight excluding hydrogens is 281 g/mol. The second kappa shape index (κ2) is 3.44. The molecule has 0 radical (unpaired) electrons. The van der Waals surface area contributed by atoms with Gasteiger partial charge in [0.2, 0.25) is 0 Å². The Hall–Kier alpha value is -0.800. The summed E-state index contributed by atoms with van der Waals surface area (Å²) in [4.78, 5) is 12.3. The highest BCUT2D eigenvalue weighted by molar-refractivity contribution is 6.41. The van der Waals surface area contributed by atoms with Gasteiger partial charge < -0.3 is 4.98 Å². The van der Waals surface area contributed by atoms with Crippen LogP contribution in [-0.2, 0) is 0 Å². The molecule has 0 amide bonds. The van der Waals surface area contributed by atoms with Crippen LogP contribution in [0.2, 0.25) is 10.2 Å². The maximum Gasteiger partial charge on any atom is 0.179 e. The van der Waals surface area contributed by atoms with Crippen molar-refractivity contribution in [1.82, 2.24) is 15.0 Å². The van der Waals surface area contributed by atoms with Gasteiger partial charge in [-0.05, 0) is 49.0 Å². The van der Waals surface area contributed by atoms with Crippen LogP contribution in [-0.4, -0.2) is 15.0 Å². The van der Waals surface area contributed by atoms with E-state index in [1.165, 1.54) is 19.3 Å². The molecular formula is C14H13Cl2N3. The third kappa shape index (κ3) is 1.35. The van der Waals surface area contributed by atoms with Crippen molar-refractivity contribution in [1.29, 1.82) is 0 Å². The van der Waals surface area contributed by atoms with Crippen LogP contribution in [0.4, 0.5) is 0 Å². The Morgan fingerprint density at radius 1 is 1.11 bits per heavy atom. The lowest BCUT2D eigenvalue weighted by Gasteiger charge is -2.05. The molecule has 3 fully saturated rings. The molecule has 2 aromatic heterocycles. The van der Waals surface area contributed by atoms with Gasteiger partial charge in [-0.15, -0.1) is 0 Å². The molecule has 5 rings (SSSR count). The molecule has 0 saturated heterocycles. The first-order valence-corrected chi connectivity index (χ1v) is 7.69. The monoisotopic (exact) mass is 293 g/mol. The van der Waals surface area contributed by atoms with E-state index in [9.17, 15) is 0 Å². The first-order valence-electron chi connectivity index (χ1n) is 6.94. The molecule has 5 heteroatoms. The lowest BCUT2D eigenvalue weighted by atomic mass is 10.0. The Kier molecular flexibility index (Phi) is 1.98. The van der Waals surface area contributed by atoms with Crippen LogP contribution in [0.1, 0.15) is 31.0 Å². The lowest BCUT2D eigenvalue weighted by Crippen LogP contribution is -1.98. The molecule has 4 atom stereocenters. The first kappa shape index (κ1) is 10.9. The van der Waals surface area contributed by atoms with Crippen LogP contribution in [0, 0.1) is 23.7 Å². The summed E-state index contributed by atoms with van der Waals surface area (Å²) in [5, 5.41) is 0.823. The third-order valence-electron chi connectivity index (χ3n) is 5.45. The summed E-state index contributed by atoms with van der Waals surface area (Å²) in [5.41, 5.74) is 1.60. The first-order chi connectivity index (χ1) is 9.22. The molecule has 2 heterocycles. The molecule has 4 unspecified atom stereocenters. The van der Waals surface area contributed by atoms with Gasteiger partial charge >= 0.3 is 0 Å². The zero-order valence-electron chi connectivity index (χ0n) is 10.2. The minimum Gasteiger partial charge on any atom is -0.340 e. The number of pyridine rings is 1. The van der Waals surface area contributed by atoms with E-state index in [2.05, 4.69) is 15.0 Å². The molecule has 98 valence electrons. The molecule has 0 spiro atoms. The number of nitrogens with one attached hydrogen (secondary N) is 1. The predicted octanol–water partition coefficient (Wildman–Crippen LogP) is 4.02. The Morgan fingerprint density at radius 3 is 2.58 bits per heavy atom. The molecule has 2 aromatic rings. The number of aromatic amines is 1. The van der Waals surface area contributed by atoms with Crippen LogP contribution in [0.15, 0.2) is 6.07 Å². The number of aromatic nitrogens is 3. The fourth-order valence-corrected chi connectivity index (χ4v) is 5.05. The van der Waals surface area contributed by atoms with Gasteiger partial charge in [0, 0.05) is 5.92 Å². The van der Waals surface area contributed by atoms with Gasteiger partial charge in [0.05, 0.1) is 10.5 Å². The highest BCUT2D eigenvalue weighted by Crippen LogP contribution is 2.72. The van der Waals surface area contributed by atoms with E-state index >= 15 is 0 Å². The highest BCUT2D eigenvalue weighted by Gasteiger charge is 2.66. The minimum absolute atomic E-state index is 0.336. The molecule has 1 N–H and O–H groups in total. The fourth-order valence-electron chi connectivity index (χ4n) is 4.76. The summed E-state index contributed by atoms with van der Waals surface area (Å²) in [7, 11) is 0. The van der Waals surface area contributed by atoms with E-state index in [-0.39, 0.29) is 0 Å². The van der Waals surface area contributed by atoms with Gasteiger partial charge in [-0.3, -0.25) is 0 Å². The third-order valence-corrected chi connectivity index (χ3v) is 6.13. The van der Waals surface area contributed by atoms with Crippen molar-refractivity contribution < 1.29 is 0 Å². The van der Waals surface area contributed by atoms with Gasteiger partial charge in [-0.25, -0.2) is 9.97 Å². The molecule has 3 saturated carbocycles. The van der Waals surface area contributed by atoms with Crippen LogP contribution >= 0.6 is 23.2 Å². The maximum absolute atomic E-state index is 6.00. The number of hydrogen-bond acceptors (Lipinski definition) is 2. The number of halogens is 2. The highest BCUT2D eigenvalue weighted by atomic mass is 35.5. The Morgan fingerprint density at radius 2 is 1.84 bits per heavy atom. The number of fused-ring (bicyclic) bond motifs is 6. The van der Waals surface area contributed by atoms with Crippen molar-refractivity contribution in [3.8, 4) is 0 Å². The zero-order chi connectivity index (χ0) is 12.7. The summed E-state index contributed by atoms with van der Waals surface area (Å²) in [6.07, 6.45) is 4.32. The van der Waals surface area contributed by atoms with Gasteiger partial charge in [-0.2, -0.15) is 0 Å². The second-order valence-corrected chi connectivity index (χ2v) is 7.03. The Balaban J connectivity index is 1.57. The van der Waals surface area contributed by atoms with Crippen molar-refractivity contribution in [3.63, 3.8) is 0 Å². The molecule has 3 nitrogen and oxygen atoms in total. The molecule has 0 aromatic carbocycles. The van der Waals surface area contributed by atoms with Crippen molar-refractivity contribution >= 4 is 34.4 Å². The average Bonchev–Trinajstić information content (AvgIpc) is 2.75. The molecule has 3 aliphatic carbocycles. The topological polar surface area (TPSA) is 41.6 Å². The molecule has 3 aliphatic rings. The number of H-pyrrole nitrogens is 1. The fraction of sp³-hybridized carbons (Fsp3) is 0.571. The standard InChI is InChI=1S/C14H13Cl2N3/c15-7-4-8-13(18-12(7)16)19-14(17-8)11-9-5-1-2-6(3-5)10(9)11/h4-6,9-11H,1-3H2,(H,17,18,19). The van der Waals surface area contributed by atoms with E-state index in [4.69, 9.17) is 23.2 Å². The Bertz CT molecular complexity index is 640. The summed E-state index contributed by atoms with van der Waals surface area (Å²) in [5.74, 6) is 5.41. The predicted molar refractivity (Wildman–Crippen MR) is 74.5 cm³/mol. The minimum atomic E-state index is 0.336. The van der Waals surface area contributed by atoms with Crippen molar-refractivity contribution in [2.45, 2.75) is 25.2 Å². The van der Waals surface area contributed by atoms with Crippen molar-refractivity contribution in [2.75, 3.05) is 0 Å². The van der Waals surface area contributed by atoms with Crippen LogP contribution in [0.25, 0.3) is 11.2 Å². The number of nitrogens with zero attached hydrogens (tertiary/aromatic N) is 2. The van der Waals surface area contributed by atoms with Crippen LogP contribution in [0.5, 0.6) is 0 Å². The SMILES string of the molecule is Clc1cc2[nH]c(C3C4C5CCC(C5)C34)nc2nc1Cl. The quantitative estimate of drug-likeness (QED) is 0.807. The van der Waals surface area contributed by atoms with Crippen molar-refractivity contribution in [3.05, 3.63) is 22.1 Å². The summed E-state index contributed by atoms with van der Waals surface area (Å²) >= 11 is 11.9. The van der Waals surface area contributed by atoms with Crippen LogP contribution in [0.3, 0.4) is 0 Å². The lowest BCUT2D eigenvalue weighted by molar-refractivity contribution is 0.456. The van der Waals surface area contributed by atoms with Gasteiger partial charge in [-0.1, -0.05) is 23.2 Å². The molecule has 2 bridgehead atoms. The van der Waals surface area contributed by atoms with E-state index in [0.29, 0.717) is 21.7 Å². The summed E-state index contributed by atoms with van der Waals surface area (Å²) in [6, 6.07) is 1.83. The van der Waals surface area contributed by atoms with Crippen LogP contribution < -0.4 is 0 Å². The second-order valence-electron chi connectivity index (χ2n) is 6.27. The Labute approximate surface area is 120 Å². The van der Waals surface area contributed by atoms with Gasteiger partial charge in [0.25, 0.3) is 0 Å². The largest absolute Gasteiger partial charge is 0.340 e. The maximum atomic E-state index is 6.00. The normalized spacial score (nSPS) is 38.9. The molecule has 0 aliphatic heterocycles. The number of rotatable bonds is 1. The van der Waals surface area contributed by atoms with Gasteiger partial charge in [0.15, 0.2) is 5.65 Å². The van der Waals surface area contributed by atoms with E-state index in [1.54, 1.807) is 0 Å².